The maximum Gasteiger partial charge on any atom is 0.147 e. The van der Waals surface area contributed by atoms with Gasteiger partial charge in [-0.3, -0.25) is 4.98 Å². The molecule has 0 unspecified atom stereocenters. The quantitative estimate of drug-likeness (QED) is 0.845. The predicted octanol–water partition coefficient (Wildman–Crippen LogP) is 1.96. The molecule has 1 N–H and O–H groups in total. The third-order valence-corrected chi connectivity index (χ3v) is 3.46. The molecule has 1 aliphatic rings. The molecule has 0 aromatic carbocycles. The molecule has 1 heterocycles. The highest BCUT2D eigenvalue weighted by Crippen LogP contribution is 2.25. The number of aromatic nitrogens is 2. The molecule has 1 aromatic rings. The van der Waals surface area contributed by atoms with Gasteiger partial charge in [0.25, 0.3) is 0 Å². The van der Waals surface area contributed by atoms with E-state index in [1.165, 1.54) is 25.7 Å². The highest BCUT2D eigenvalue weighted by molar-refractivity contribution is 5.36. The van der Waals surface area contributed by atoms with Crippen LogP contribution in [0.15, 0.2) is 12.4 Å². The molecule has 2 rings (SSSR count). The maximum atomic E-state index is 4.66. The summed E-state index contributed by atoms with van der Waals surface area (Å²) in [6.07, 6.45) is 8.98. The Balaban J connectivity index is 2.03. The van der Waals surface area contributed by atoms with Gasteiger partial charge in [0.2, 0.25) is 0 Å². The van der Waals surface area contributed by atoms with E-state index in [1.807, 2.05) is 12.4 Å². The second kappa shape index (κ2) is 5.96. The van der Waals surface area contributed by atoms with E-state index in [2.05, 4.69) is 34.2 Å². The monoisotopic (exact) mass is 234 g/mol. The molecule has 0 radical (unpaired) electrons. The van der Waals surface area contributed by atoms with E-state index in [4.69, 9.17) is 0 Å². The molecule has 0 bridgehead atoms. The Morgan fingerprint density at radius 1 is 1.35 bits per heavy atom. The largest absolute Gasteiger partial charge is 0.355 e. The van der Waals surface area contributed by atoms with Crippen LogP contribution in [0.3, 0.4) is 0 Å². The third-order valence-electron chi connectivity index (χ3n) is 3.46. The molecular weight excluding hydrogens is 212 g/mol. The standard InChI is InChI=1S/C13H22N4/c1-3-14-8-11-9-15-10-13(16-11)17(2)12-6-4-5-7-12/h9-10,12,14H,3-8H2,1-2H3. The van der Waals surface area contributed by atoms with E-state index in [0.29, 0.717) is 6.04 Å². The molecule has 0 saturated heterocycles. The molecule has 0 amide bonds. The number of rotatable bonds is 5. The van der Waals surface area contributed by atoms with Gasteiger partial charge in [0.1, 0.15) is 5.82 Å². The van der Waals surface area contributed by atoms with Crippen LogP contribution in [0.2, 0.25) is 0 Å². The van der Waals surface area contributed by atoms with E-state index in [1.54, 1.807) is 0 Å². The predicted molar refractivity (Wildman–Crippen MR) is 70.1 cm³/mol. The highest BCUT2D eigenvalue weighted by atomic mass is 15.2. The van der Waals surface area contributed by atoms with Crippen molar-refractivity contribution in [2.24, 2.45) is 0 Å². The zero-order valence-electron chi connectivity index (χ0n) is 10.8. The first-order valence-corrected chi connectivity index (χ1v) is 6.55. The molecule has 0 aliphatic heterocycles. The van der Waals surface area contributed by atoms with Gasteiger partial charge < -0.3 is 10.2 Å². The van der Waals surface area contributed by atoms with Crippen molar-refractivity contribution in [3.8, 4) is 0 Å². The molecule has 4 heteroatoms. The van der Waals surface area contributed by atoms with Crippen molar-refractivity contribution in [3.63, 3.8) is 0 Å². The van der Waals surface area contributed by atoms with Crippen LogP contribution in [0.1, 0.15) is 38.3 Å². The Hall–Kier alpha value is -1.16. The summed E-state index contributed by atoms with van der Waals surface area (Å²) in [5.41, 5.74) is 1.02. The van der Waals surface area contributed by atoms with Crippen molar-refractivity contribution in [3.05, 3.63) is 18.1 Å². The fourth-order valence-electron chi connectivity index (χ4n) is 2.38. The third kappa shape index (κ3) is 3.16. The Morgan fingerprint density at radius 3 is 2.82 bits per heavy atom. The second-order valence-electron chi connectivity index (χ2n) is 4.70. The van der Waals surface area contributed by atoms with Gasteiger partial charge in [0, 0.05) is 25.8 Å². The number of anilines is 1. The normalized spacial score (nSPS) is 16.4. The van der Waals surface area contributed by atoms with Crippen molar-refractivity contribution >= 4 is 5.82 Å². The van der Waals surface area contributed by atoms with E-state index in [0.717, 1.165) is 24.6 Å². The molecular formula is C13H22N4. The van der Waals surface area contributed by atoms with Crippen LogP contribution in [0.25, 0.3) is 0 Å². The van der Waals surface area contributed by atoms with Crippen molar-refractivity contribution in [2.45, 2.75) is 45.2 Å². The Labute approximate surface area is 103 Å². The first kappa shape index (κ1) is 12.3. The smallest absolute Gasteiger partial charge is 0.147 e. The average Bonchev–Trinajstić information content (AvgIpc) is 2.89. The van der Waals surface area contributed by atoms with E-state index < -0.39 is 0 Å². The Kier molecular flexibility index (Phi) is 4.31. The average molecular weight is 234 g/mol. The summed E-state index contributed by atoms with van der Waals surface area (Å²) in [6, 6.07) is 0.652. The molecule has 4 nitrogen and oxygen atoms in total. The van der Waals surface area contributed by atoms with Crippen LogP contribution in [0.4, 0.5) is 5.82 Å². The van der Waals surface area contributed by atoms with Crippen LogP contribution >= 0.6 is 0 Å². The minimum Gasteiger partial charge on any atom is -0.355 e. The minimum absolute atomic E-state index is 0.652. The maximum absolute atomic E-state index is 4.66. The molecule has 1 saturated carbocycles. The van der Waals surface area contributed by atoms with E-state index >= 15 is 0 Å². The van der Waals surface area contributed by atoms with Gasteiger partial charge in [-0.05, 0) is 19.4 Å². The summed E-state index contributed by atoms with van der Waals surface area (Å²) in [4.78, 5) is 11.2. The van der Waals surface area contributed by atoms with Crippen LogP contribution in [-0.2, 0) is 6.54 Å². The fraction of sp³-hybridized carbons (Fsp3) is 0.692. The van der Waals surface area contributed by atoms with Gasteiger partial charge in [0.05, 0.1) is 11.9 Å². The lowest BCUT2D eigenvalue weighted by molar-refractivity contribution is 0.639. The summed E-state index contributed by atoms with van der Waals surface area (Å²) in [7, 11) is 2.14. The summed E-state index contributed by atoms with van der Waals surface area (Å²) < 4.78 is 0. The first-order chi connectivity index (χ1) is 8.31. The van der Waals surface area contributed by atoms with Gasteiger partial charge in [0.15, 0.2) is 0 Å². The van der Waals surface area contributed by atoms with E-state index in [9.17, 15) is 0 Å². The highest BCUT2D eigenvalue weighted by Gasteiger charge is 2.20. The summed E-state index contributed by atoms with van der Waals surface area (Å²) in [6.45, 7) is 3.86. The van der Waals surface area contributed by atoms with Crippen LogP contribution in [0.5, 0.6) is 0 Å². The SMILES string of the molecule is CCNCc1cncc(N(C)C2CCCC2)n1. The van der Waals surface area contributed by atoms with Crippen molar-refractivity contribution in [2.75, 3.05) is 18.5 Å². The van der Waals surface area contributed by atoms with Gasteiger partial charge in [-0.15, -0.1) is 0 Å². The molecule has 0 spiro atoms. The summed E-state index contributed by atoms with van der Waals surface area (Å²) >= 11 is 0. The molecule has 1 aromatic heterocycles. The van der Waals surface area contributed by atoms with Crippen molar-refractivity contribution in [1.82, 2.24) is 15.3 Å². The van der Waals surface area contributed by atoms with Crippen LogP contribution < -0.4 is 10.2 Å². The number of nitrogens with zero attached hydrogens (tertiary/aromatic N) is 3. The Morgan fingerprint density at radius 2 is 2.12 bits per heavy atom. The van der Waals surface area contributed by atoms with Crippen LogP contribution in [0, 0.1) is 0 Å². The van der Waals surface area contributed by atoms with Gasteiger partial charge >= 0.3 is 0 Å². The van der Waals surface area contributed by atoms with Crippen molar-refractivity contribution in [1.29, 1.82) is 0 Å². The van der Waals surface area contributed by atoms with E-state index in [-0.39, 0.29) is 0 Å². The summed E-state index contributed by atoms with van der Waals surface area (Å²) in [5, 5.41) is 3.28. The van der Waals surface area contributed by atoms with Crippen molar-refractivity contribution < 1.29 is 0 Å². The fourth-order valence-corrected chi connectivity index (χ4v) is 2.38. The number of nitrogens with one attached hydrogen (secondary N) is 1. The Bertz CT molecular complexity index is 347. The molecule has 17 heavy (non-hydrogen) atoms. The topological polar surface area (TPSA) is 41.1 Å². The van der Waals surface area contributed by atoms with Gasteiger partial charge in [-0.2, -0.15) is 0 Å². The van der Waals surface area contributed by atoms with Gasteiger partial charge in [-0.1, -0.05) is 19.8 Å². The number of hydrogen-bond donors (Lipinski definition) is 1. The molecule has 1 aliphatic carbocycles. The second-order valence-corrected chi connectivity index (χ2v) is 4.70. The molecule has 94 valence electrons. The zero-order chi connectivity index (χ0) is 12.1. The zero-order valence-corrected chi connectivity index (χ0v) is 10.8. The van der Waals surface area contributed by atoms with Crippen LogP contribution in [-0.4, -0.2) is 29.6 Å². The first-order valence-electron chi connectivity index (χ1n) is 6.55. The minimum atomic E-state index is 0.652. The lowest BCUT2D eigenvalue weighted by atomic mass is 10.2. The van der Waals surface area contributed by atoms with Gasteiger partial charge in [-0.25, -0.2) is 4.98 Å². The summed E-state index contributed by atoms with van der Waals surface area (Å²) in [5.74, 6) is 1.01. The lowest BCUT2D eigenvalue weighted by Crippen LogP contribution is -2.30. The molecule has 0 atom stereocenters. The number of hydrogen-bond acceptors (Lipinski definition) is 4. The molecule has 1 fully saturated rings. The lowest BCUT2D eigenvalue weighted by Gasteiger charge is -2.25.